The molecule has 5 heteroatoms. The Labute approximate surface area is 123 Å². The molecule has 1 aromatic carbocycles. The standard InChI is InChI=1S/C8H7ClO3.K/c9-6-1-3-7(4-2-6)12-5-8(10)11;/h1-4H,5H2,(H,10,11);/q;+1/p-1. The van der Waals surface area contributed by atoms with E-state index in [1.807, 2.05) is 0 Å². The first-order chi connectivity index (χ1) is 5.68. The van der Waals surface area contributed by atoms with Crippen LogP contribution < -0.4 is 61.2 Å². The molecule has 0 aliphatic carbocycles. The van der Waals surface area contributed by atoms with Crippen LogP contribution in [-0.4, -0.2) is 12.6 Å². The van der Waals surface area contributed by atoms with E-state index in [9.17, 15) is 9.90 Å². The molecule has 0 radical (unpaired) electrons. The molecule has 0 bridgehead atoms. The maximum Gasteiger partial charge on any atom is 1.00 e. The van der Waals surface area contributed by atoms with Crippen molar-refractivity contribution < 1.29 is 66.0 Å². The second-order valence-electron chi connectivity index (χ2n) is 2.11. The van der Waals surface area contributed by atoms with Crippen LogP contribution in [0.2, 0.25) is 5.02 Å². The zero-order valence-electron chi connectivity index (χ0n) is 7.12. The maximum atomic E-state index is 9.98. The van der Waals surface area contributed by atoms with Gasteiger partial charge in [0.15, 0.2) is 0 Å². The Morgan fingerprint density at radius 3 is 2.38 bits per heavy atom. The Kier molecular flexibility index (Phi) is 7.03. The molecular weight excluding hydrogens is 219 g/mol. The predicted molar refractivity (Wildman–Crippen MR) is 42.0 cm³/mol. The van der Waals surface area contributed by atoms with Gasteiger partial charge in [-0.15, -0.1) is 0 Å². The molecule has 13 heavy (non-hydrogen) atoms. The van der Waals surface area contributed by atoms with Gasteiger partial charge in [0.05, 0.1) is 5.97 Å². The van der Waals surface area contributed by atoms with Gasteiger partial charge in [-0.05, 0) is 24.3 Å². The summed E-state index contributed by atoms with van der Waals surface area (Å²) in [6.45, 7) is -0.443. The molecule has 0 unspecified atom stereocenters. The largest absolute Gasteiger partial charge is 1.00 e. The van der Waals surface area contributed by atoms with E-state index in [4.69, 9.17) is 16.3 Å². The molecule has 0 heterocycles. The summed E-state index contributed by atoms with van der Waals surface area (Å²) in [6, 6.07) is 6.41. The number of benzene rings is 1. The topological polar surface area (TPSA) is 49.4 Å². The van der Waals surface area contributed by atoms with Gasteiger partial charge in [0, 0.05) is 5.02 Å². The fraction of sp³-hybridized carbons (Fsp3) is 0.125. The molecule has 0 aliphatic heterocycles. The first-order valence-corrected chi connectivity index (χ1v) is 3.64. The molecule has 0 saturated carbocycles. The van der Waals surface area contributed by atoms with Gasteiger partial charge in [0.25, 0.3) is 0 Å². The molecule has 1 rings (SSSR count). The van der Waals surface area contributed by atoms with Crippen LogP contribution in [0, 0.1) is 0 Å². The van der Waals surface area contributed by atoms with E-state index in [-0.39, 0.29) is 51.4 Å². The number of ether oxygens (including phenoxy) is 1. The van der Waals surface area contributed by atoms with E-state index in [2.05, 4.69) is 0 Å². The van der Waals surface area contributed by atoms with E-state index in [1.54, 1.807) is 24.3 Å². The fourth-order valence-electron chi connectivity index (χ4n) is 0.673. The number of carboxylic acid groups (broad SMARTS) is 1. The molecule has 0 fully saturated rings. The third-order valence-corrected chi connectivity index (χ3v) is 1.42. The van der Waals surface area contributed by atoms with Crippen LogP contribution in [-0.2, 0) is 4.79 Å². The Morgan fingerprint density at radius 1 is 1.38 bits per heavy atom. The van der Waals surface area contributed by atoms with Gasteiger partial charge < -0.3 is 14.6 Å². The van der Waals surface area contributed by atoms with Crippen LogP contribution in [0.15, 0.2) is 24.3 Å². The molecular formula is C8H6ClKO3. The SMILES string of the molecule is O=C([O-])COc1ccc(Cl)cc1.[K+]. The van der Waals surface area contributed by atoms with Crippen molar-refractivity contribution in [2.45, 2.75) is 0 Å². The van der Waals surface area contributed by atoms with Crippen LogP contribution in [0.4, 0.5) is 0 Å². The maximum absolute atomic E-state index is 9.98. The number of carbonyl (C=O) groups excluding carboxylic acids is 1. The Bertz CT molecular complexity index is 273. The number of aliphatic carboxylic acids is 1. The van der Waals surface area contributed by atoms with Gasteiger partial charge in [-0.2, -0.15) is 0 Å². The van der Waals surface area contributed by atoms with E-state index in [0.29, 0.717) is 10.8 Å². The number of carboxylic acids is 1. The van der Waals surface area contributed by atoms with E-state index >= 15 is 0 Å². The van der Waals surface area contributed by atoms with Crippen molar-refractivity contribution in [3.05, 3.63) is 29.3 Å². The summed E-state index contributed by atoms with van der Waals surface area (Å²) in [4.78, 5) is 9.98. The number of halogens is 1. The first kappa shape index (κ1) is 13.4. The van der Waals surface area contributed by atoms with E-state index in [1.165, 1.54) is 0 Å². The van der Waals surface area contributed by atoms with Crippen molar-refractivity contribution in [3.8, 4) is 5.75 Å². The van der Waals surface area contributed by atoms with E-state index in [0.717, 1.165) is 0 Å². The molecule has 0 amide bonds. The van der Waals surface area contributed by atoms with Gasteiger partial charge in [-0.3, -0.25) is 0 Å². The van der Waals surface area contributed by atoms with Crippen LogP contribution >= 0.6 is 11.6 Å². The van der Waals surface area contributed by atoms with E-state index < -0.39 is 12.6 Å². The monoisotopic (exact) mass is 224 g/mol. The fourth-order valence-corrected chi connectivity index (χ4v) is 0.799. The first-order valence-electron chi connectivity index (χ1n) is 3.26. The molecule has 0 atom stereocenters. The third-order valence-electron chi connectivity index (χ3n) is 1.17. The summed E-state index contributed by atoms with van der Waals surface area (Å²) in [5.74, 6) is -0.784. The summed E-state index contributed by atoms with van der Waals surface area (Å²) in [7, 11) is 0. The summed E-state index contributed by atoms with van der Waals surface area (Å²) < 4.78 is 4.80. The summed E-state index contributed by atoms with van der Waals surface area (Å²) in [5, 5.41) is 10.6. The molecule has 0 saturated heterocycles. The smallest absolute Gasteiger partial charge is 0.546 e. The van der Waals surface area contributed by atoms with Gasteiger partial charge >= 0.3 is 51.4 Å². The van der Waals surface area contributed by atoms with Crippen LogP contribution in [0.5, 0.6) is 5.75 Å². The summed E-state index contributed by atoms with van der Waals surface area (Å²) >= 11 is 5.59. The van der Waals surface area contributed by atoms with Crippen molar-refractivity contribution in [1.29, 1.82) is 0 Å². The van der Waals surface area contributed by atoms with Gasteiger partial charge in [-0.25, -0.2) is 0 Å². The number of hydrogen-bond acceptors (Lipinski definition) is 3. The molecule has 0 spiro atoms. The third kappa shape index (κ3) is 5.67. The molecule has 64 valence electrons. The minimum Gasteiger partial charge on any atom is -0.546 e. The predicted octanol–water partition coefficient (Wildman–Crippen LogP) is -2.53. The van der Waals surface area contributed by atoms with Gasteiger partial charge in [0.1, 0.15) is 12.4 Å². The Balaban J connectivity index is 0.00000144. The second-order valence-corrected chi connectivity index (χ2v) is 2.55. The molecule has 0 N–H and O–H groups in total. The van der Waals surface area contributed by atoms with Crippen molar-refractivity contribution in [2.24, 2.45) is 0 Å². The minimum atomic E-state index is -1.25. The van der Waals surface area contributed by atoms with Crippen LogP contribution in [0.1, 0.15) is 0 Å². The Morgan fingerprint density at radius 2 is 1.92 bits per heavy atom. The van der Waals surface area contributed by atoms with Gasteiger partial charge in [-0.1, -0.05) is 11.6 Å². The van der Waals surface area contributed by atoms with Crippen LogP contribution in [0.3, 0.4) is 0 Å². The molecule has 1 aromatic rings. The zero-order chi connectivity index (χ0) is 8.97. The normalized spacial score (nSPS) is 8.69. The number of hydrogen-bond donors (Lipinski definition) is 0. The molecule has 0 aliphatic rings. The second kappa shape index (κ2) is 6.81. The van der Waals surface area contributed by atoms with Crippen LogP contribution in [0.25, 0.3) is 0 Å². The molecule has 0 aromatic heterocycles. The average Bonchev–Trinajstić information content (AvgIpc) is 2.03. The summed E-state index contributed by atoms with van der Waals surface area (Å²) in [6.07, 6.45) is 0. The van der Waals surface area contributed by atoms with Crippen molar-refractivity contribution >= 4 is 17.6 Å². The van der Waals surface area contributed by atoms with Gasteiger partial charge in [0.2, 0.25) is 0 Å². The van der Waals surface area contributed by atoms with Crippen molar-refractivity contribution in [2.75, 3.05) is 6.61 Å². The van der Waals surface area contributed by atoms with Crippen molar-refractivity contribution in [3.63, 3.8) is 0 Å². The average molecular weight is 225 g/mol. The quantitative estimate of drug-likeness (QED) is 0.533. The zero-order valence-corrected chi connectivity index (χ0v) is 11.0. The minimum absolute atomic E-state index is 0. The number of carbonyl (C=O) groups is 1. The Hall–Kier alpha value is 0.416. The van der Waals surface area contributed by atoms with Crippen molar-refractivity contribution in [1.82, 2.24) is 0 Å². The summed E-state index contributed by atoms with van der Waals surface area (Å²) in [5.41, 5.74) is 0. The molecule has 3 nitrogen and oxygen atoms in total. The number of rotatable bonds is 3.